The molecule has 7 aliphatic rings. The molecule has 0 aliphatic carbocycles. The Bertz CT molecular complexity index is 5450. The zero-order valence-corrected chi connectivity index (χ0v) is 83.0. The van der Waals surface area contributed by atoms with Crippen molar-refractivity contribution in [3.05, 3.63) is 276 Å². The number of ether oxygens (including phenoxy) is 1. The number of unbranched alkanes of at least 4 members (excludes halogenated alkanes) is 8. The Morgan fingerprint density at radius 3 is 1.26 bits per heavy atom. The summed E-state index contributed by atoms with van der Waals surface area (Å²) in [6.45, 7) is 10.5. The van der Waals surface area contributed by atoms with Gasteiger partial charge in [-0.25, -0.2) is 10.1 Å². The molecule has 6 saturated heterocycles. The second-order valence-electron chi connectivity index (χ2n) is 37.2. The van der Waals surface area contributed by atoms with Crippen LogP contribution >= 0.6 is 0 Å². The molecule has 6 fully saturated rings. The van der Waals surface area contributed by atoms with E-state index in [9.17, 15) is 67.1 Å². The van der Waals surface area contributed by atoms with E-state index in [1.165, 1.54) is 39.4 Å². The molecule has 0 saturated carbocycles. The standard InChI is InChI=1S/C34H34N2O6.2C18H17NO.C16H22N2O2.2C10H17NO3.C10H17NO2/c37-24-31(39)29-15-9-14-28(19-29)30(38)21-35-20-25-10-8-11-26(18-25)22-36-23-32(27-12-4-3-5-13-27)42-34(41)17-7-2-1-6-16-33(36)40;2*20-18-17(13-19-18)8-4-5-14-9-11-16(12-10-14)15-6-2-1-3-7-15;1-12(19)7-3-2-4-8-13-11-18(16(13)20)15-10-6-5-9-14(15)17;2*1-8(12)5-3-2-4-6-9-7-11(14)10(9)13;1-8(12)5-3-2-4-6-9-7-11-10(9)13/h1-5,8-15,18-20,32,37H,6-7,16-17,21-24H2;2*1-7,9-12,17H,8,13H2,(H,19,20);5-6,9-10,13H,2-4,7-8,11,17H2,1H3;2*9,14H,2-7H2,1H3;9H,2-7H2,1H3,(H,11,13)/b2-1+,35-20?;2*5-4+;;;;/t32-;2*17-;;2*9-;/m010.10./s1. The van der Waals surface area contributed by atoms with Gasteiger partial charge in [0, 0.05) is 88.6 Å². The van der Waals surface area contributed by atoms with Crippen molar-refractivity contribution in [3.8, 4) is 22.3 Å². The molecule has 15 rings (SSSR count). The van der Waals surface area contributed by atoms with E-state index >= 15 is 0 Å². The quantitative estimate of drug-likeness (QED) is 0.00273. The Morgan fingerprint density at radius 1 is 0.420 bits per heavy atom. The van der Waals surface area contributed by atoms with Gasteiger partial charge < -0.3 is 60.5 Å². The minimum atomic E-state index is -0.621. The molecule has 7 atom stereocenters. The van der Waals surface area contributed by atoms with Gasteiger partial charge in [-0.1, -0.05) is 276 Å². The van der Waals surface area contributed by atoms with E-state index in [2.05, 4.69) is 118 Å². The molecule has 2 unspecified atom stereocenters. The molecule has 27 heteroatoms. The van der Waals surface area contributed by atoms with Crippen molar-refractivity contribution in [3.63, 3.8) is 0 Å². The Kier molecular flexibility index (Phi) is 48.7. The van der Waals surface area contributed by atoms with Crippen molar-refractivity contribution >= 4 is 112 Å². The summed E-state index contributed by atoms with van der Waals surface area (Å²) in [5, 5.41) is 36.4. The molecule has 143 heavy (non-hydrogen) atoms. The van der Waals surface area contributed by atoms with Crippen molar-refractivity contribution in [2.24, 2.45) is 40.5 Å². The van der Waals surface area contributed by atoms with Crippen LogP contribution in [0.4, 0.5) is 11.4 Å². The van der Waals surface area contributed by atoms with Crippen molar-refractivity contribution in [2.75, 3.05) is 69.6 Å². The number of rotatable bonds is 42. The van der Waals surface area contributed by atoms with E-state index in [0.29, 0.717) is 75.8 Å². The zero-order valence-electron chi connectivity index (χ0n) is 83.0. The van der Waals surface area contributed by atoms with Gasteiger partial charge >= 0.3 is 5.97 Å². The van der Waals surface area contributed by atoms with Gasteiger partial charge in [0.25, 0.3) is 11.8 Å². The summed E-state index contributed by atoms with van der Waals surface area (Å²) in [4.78, 5) is 168. The molecule has 8 N–H and O–H groups in total. The molecule has 7 aliphatic heterocycles. The highest BCUT2D eigenvalue weighted by Gasteiger charge is 2.39. The molecule has 27 nitrogen and oxygen atoms in total. The summed E-state index contributed by atoms with van der Waals surface area (Å²) in [7, 11) is 0. The smallest absolute Gasteiger partial charge is 0.306 e. The maximum absolute atomic E-state index is 13.3. The number of carbonyl (C=O) groups is 14. The number of benzene rings is 8. The fourth-order valence-electron chi connectivity index (χ4n) is 16.6. The van der Waals surface area contributed by atoms with Gasteiger partial charge in [-0.2, -0.15) is 0 Å². The highest BCUT2D eigenvalue weighted by atomic mass is 16.5. The molecule has 0 aromatic heterocycles. The summed E-state index contributed by atoms with van der Waals surface area (Å²) < 4.78 is 5.84. The number of anilines is 2. The predicted octanol–water partition coefficient (Wildman–Crippen LogP) is 18.7. The number of hydrogen-bond acceptors (Lipinski definition) is 20. The summed E-state index contributed by atoms with van der Waals surface area (Å²) in [5.41, 5.74) is 17.7. The highest BCUT2D eigenvalue weighted by molar-refractivity contribution is 6.04. The molecule has 7 heterocycles. The number of para-hydroxylation sites is 2. The number of amides is 7. The largest absolute Gasteiger partial charge is 0.456 e. The molecular formula is C116H141N9O18. The maximum Gasteiger partial charge on any atom is 0.306 e. The summed E-state index contributed by atoms with van der Waals surface area (Å²) >= 11 is 0. The van der Waals surface area contributed by atoms with Crippen LogP contribution in [0, 0.1) is 35.5 Å². The zero-order chi connectivity index (χ0) is 103. The highest BCUT2D eigenvalue weighted by Crippen LogP contribution is 2.34. The van der Waals surface area contributed by atoms with Gasteiger partial charge in [0.1, 0.15) is 42.4 Å². The summed E-state index contributed by atoms with van der Waals surface area (Å²) in [5.74, 6) is 1.13. The average Bonchev–Trinajstić information content (AvgIpc) is 0.781. The molecule has 7 amide bonds. The van der Waals surface area contributed by atoms with Crippen LogP contribution in [-0.2, 0) is 68.8 Å². The lowest BCUT2D eigenvalue weighted by atomic mass is 9.91. The number of nitrogens with one attached hydrogen (secondary N) is 3. The van der Waals surface area contributed by atoms with Crippen molar-refractivity contribution in [1.29, 1.82) is 0 Å². The summed E-state index contributed by atoms with van der Waals surface area (Å²) in [6, 6.07) is 68.3. The number of cyclic esters (lactones) is 1. The second-order valence-corrected chi connectivity index (χ2v) is 37.2. The molecule has 0 spiro atoms. The normalized spacial score (nSPS) is 18.5. The Hall–Kier alpha value is -13.9. The van der Waals surface area contributed by atoms with E-state index in [1.807, 2.05) is 127 Å². The third kappa shape index (κ3) is 40.2. The van der Waals surface area contributed by atoms with E-state index in [1.54, 1.807) is 61.9 Å². The minimum Gasteiger partial charge on any atom is -0.456 e. The number of hydroxylamine groups is 4. The fourth-order valence-corrected chi connectivity index (χ4v) is 16.6. The van der Waals surface area contributed by atoms with Gasteiger partial charge in [0.15, 0.2) is 11.6 Å². The third-order valence-corrected chi connectivity index (χ3v) is 25.6. The predicted molar refractivity (Wildman–Crippen MR) is 556 cm³/mol. The number of hydrogen-bond donors (Lipinski definition) is 7. The third-order valence-electron chi connectivity index (χ3n) is 25.6. The molecule has 758 valence electrons. The Morgan fingerprint density at radius 2 is 0.839 bits per heavy atom. The van der Waals surface area contributed by atoms with E-state index in [4.69, 9.17) is 26.0 Å². The number of β-lactam (4-membered cyclic amide) rings is 6. The van der Waals surface area contributed by atoms with Crippen LogP contribution in [0.5, 0.6) is 0 Å². The van der Waals surface area contributed by atoms with Gasteiger partial charge in [-0.05, 0) is 179 Å². The average molecular weight is 1950 g/mol. The van der Waals surface area contributed by atoms with Crippen LogP contribution in [0.15, 0.2) is 242 Å². The maximum atomic E-state index is 13.3. The van der Waals surface area contributed by atoms with Gasteiger partial charge in [0.05, 0.1) is 66.5 Å². The van der Waals surface area contributed by atoms with Gasteiger partial charge in [-0.3, -0.25) is 63.4 Å². The van der Waals surface area contributed by atoms with Crippen LogP contribution in [0.2, 0.25) is 0 Å². The summed E-state index contributed by atoms with van der Waals surface area (Å²) in [6.07, 6.45) is 34.7. The number of Topliss-reactive ketones (excluding diaryl/α,β-unsaturated/α-hetero) is 6. The fraction of sp³-hybridized carbons (Fsp3) is 0.405. The lowest BCUT2D eigenvalue weighted by Gasteiger charge is -2.39. The SMILES string of the molecule is CC(=O)CCCCCC1CN(c2ccccc2N)C1=O.CC(=O)CCCCCC1CNC1=O.CC(=O)CCCCC[C@@H]1CN(O)C1=O.CC(=O)CCCCC[C@H]1CN(O)C1=O.O=C1CC/C=C/CCC(=O)N(Cc2cccc(C=NCC(=O)c3cccc(C(=O)CO)c3)c2)C[C@@H](c2ccccc2)O1.O=C1NC[C@@H]1C/C=C/c1ccc(-c2ccccc2)cc1.O=C1NC[C@H]1C/C=C/c1ccc(-c2ccccc2)cc1. The van der Waals surface area contributed by atoms with Gasteiger partial charge in [0.2, 0.25) is 29.5 Å². The molecule has 8 aromatic carbocycles. The number of nitrogens with zero attached hydrogens (tertiary/aromatic N) is 5. The van der Waals surface area contributed by atoms with Crippen LogP contribution < -0.4 is 26.6 Å². The number of carbonyl (C=O) groups excluding carboxylic acids is 14. The van der Waals surface area contributed by atoms with Crippen LogP contribution in [0.1, 0.15) is 249 Å². The lowest BCUT2D eigenvalue weighted by molar-refractivity contribution is -0.197. The second kappa shape index (κ2) is 61.7. The minimum absolute atomic E-state index is 0.0253. The first-order valence-corrected chi connectivity index (χ1v) is 50.2. The number of esters is 1. The number of aliphatic hydroxyl groups is 1. The van der Waals surface area contributed by atoms with Crippen molar-refractivity contribution in [2.45, 2.75) is 207 Å². The monoisotopic (exact) mass is 1950 g/mol. The first kappa shape index (κ1) is 113. The Labute approximate surface area is 840 Å². The number of allylic oxidation sites excluding steroid dienone is 4. The van der Waals surface area contributed by atoms with Crippen molar-refractivity contribution in [1.82, 2.24) is 31.0 Å². The van der Waals surface area contributed by atoms with Crippen molar-refractivity contribution < 1.29 is 87.4 Å². The number of aliphatic hydroxyl groups excluding tert-OH is 1. The molecule has 8 aromatic rings. The number of aliphatic imine (C=N–C) groups is 1. The van der Waals surface area contributed by atoms with E-state index in [0.717, 1.165) is 174 Å². The van der Waals surface area contributed by atoms with Gasteiger partial charge in [-0.15, -0.1) is 0 Å². The molecular weight excluding hydrogens is 1810 g/mol. The number of ketones is 6. The van der Waals surface area contributed by atoms with Crippen LogP contribution in [0.25, 0.3) is 34.4 Å². The molecule has 0 radical (unpaired) electrons. The van der Waals surface area contributed by atoms with E-state index in [-0.39, 0.29) is 137 Å². The first-order valence-electron chi connectivity index (χ1n) is 50.2. The lowest BCUT2D eigenvalue weighted by Crippen LogP contribution is -2.52. The number of nitrogen functional groups attached to an aromatic ring is 1. The van der Waals surface area contributed by atoms with Crippen LogP contribution in [-0.4, -0.2) is 178 Å². The number of nitrogens with two attached hydrogens (primary N) is 1. The van der Waals surface area contributed by atoms with E-state index < -0.39 is 18.5 Å². The topological polar surface area (TPSA) is 396 Å². The first-order chi connectivity index (χ1) is 69.1. The Balaban J connectivity index is 0.000000195. The van der Waals surface area contributed by atoms with Crippen LogP contribution in [0.3, 0.4) is 0 Å². The molecule has 0 bridgehead atoms.